The molecule has 4 rings (SSSR count). The number of amides is 1. The SMILES string of the molecule is COc1ccc(CNC(=O)c2nc(COc3ccc4c(c3)OCO4)no2)cc1. The number of carbonyl (C=O) groups excluding carboxylic acids is 1. The third-order valence-corrected chi connectivity index (χ3v) is 3.99. The molecule has 0 fully saturated rings. The molecule has 2 heterocycles. The van der Waals surface area contributed by atoms with Gasteiger partial charge in [-0.3, -0.25) is 4.79 Å². The number of methoxy groups -OCH3 is 1. The van der Waals surface area contributed by atoms with E-state index in [9.17, 15) is 4.79 Å². The van der Waals surface area contributed by atoms with Crippen molar-refractivity contribution in [2.75, 3.05) is 13.9 Å². The second kappa shape index (κ2) is 7.87. The number of hydrogen-bond acceptors (Lipinski definition) is 8. The molecule has 28 heavy (non-hydrogen) atoms. The standard InChI is InChI=1S/C19H17N3O6/c1-24-13-4-2-12(3-5-13)9-20-18(23)19-21-17(22-28-19)10-25-14-6-7-15-16(8-14)27-11-26-15/h2-8H,9-11H2,1H3,(H,20,23). The van der Waals surface area contributed by atoms with Gasteiger partial charge < -0.3 is 28.8 Å². The van der Waals surface area contributed by atoms with Crippen LogP contribution in [0.1, 0.15) is 22.1 Å². The first-order valence-corrected chi connectivity index (χ1v) is 8.47. The first-order valence-electron chi connectivity index (χ1n) is 8.47. The summed E-state index contributed by atoms with van der Waals surface area (Å²) in [5.74, 6) is 2.27. The lowest BCUT2D eigenvalue weighted by Crippen LogP contribution is -2.23. The van der Waals surface area contributed by atoms with E-state index in [1.54, 1.807) is 25.3 Å². The molecule has 0 saturated heterocycles. The van der Waals surface area contributed by atoms with E-state index in [1.807, 2.05) is 24.3 Å². The van der Waals surface area contributed by atoms with Crippen LogP contribution in [0.2, 0.25) is 0 Å². The molecule has 3 aromatic rings. The van der Waals surface area contributed by atoms with E-state index in [2.05, 4.69) is 15.5 Å². The van der Waals surface area contributed by atoms with Crippen molar-refractivity contribution >= 4 is 5.91 Å². The van der Waals surface area contributed by atoms with Crippen LogP contribution in [0.15, 0.2) is 47.0 Å². The number of nitrogens with zero attached hydrogens (tertiary/aromatic N) is 2. The summed E-state index contributed by atoms with van der Waals surface area (Å²) in [6.07, 6.45) is 0. The molecule has 0 aliphatic carbocycles. The van der Waals surface area contributed by atoms with Crippen molar-refractivity contribution in [3.8, 4) is 23.0 Å². The molecule has 1 aliphatic rings. The number of nitrogens with one attached hydrogen (secondary N) is 1. The van der Waals surface area contributed by atoms with Gasteiger partial charge in [0.15, 0.2) is 18.1 Å². The maximum absolute atomic E-state index is 12.2. The molecule has 1 N–H and O–H groups in total. The van der Waals surface area contributed by atoms with E-state index in [1.165, 1.54) is 0 Å². The Morgan fingerprint density at radius 2 is 1.89 bits per heavy atom. The van der Waals surface area contributed by atoms with Crippen LogP contribution in [-0.2, 0) is 13.2 Å². The molecule has 0 radical (unpaired) electrons. The van der Waals surface area contributed by atoms with Gasteiger partial charge in [-0.1, -0.05) is 17.3 Å². The van der Waals surface area contributed by atoms with E-state index in [4.69, 9.17) is 23.5 Å². The fourth-order valence-corrected chi connectivity index (χ4v) is 2.52. The molecule has 1 aliphatic heterocycles. The fourth-order valence-electron chi connectivity index (χ4n) is 2.52. The highest BCUT2D eigenvalue weighted by Crippen LogP contribution is 2.35. The summed E-state index contributed by atoms with van der Waals surface area (Å²) >= 11 is 0. The zero-order valence-electron chi connectivity index (χ0n) is 15.0. The van der Waals surface area contributed by atoms with Crippen LogP contribution >= 0.6 is 0 Å². The number of hydrogen-bond donors (Lipinski definition) is 1. The summed E-state index contributed by atoms with van der Waals surface area (Å²) in [5.41, 5.74) is 0.917. The van der Waals surface area contributed by atoms with Gasteiger partial charge in [-0.25, -0.2) is 0 Å². The predicted molar refractivity (Wildman–Crippen MR) is 95.4 cm³/mol. The van der Waals surface area contributed by atoms with Crippen molar-refractivity contribution in [1.82, 2.24) is 15.5 Å². The largest absolute Gasteiger partial charge is 0.497 e. The number of fused-ring (bicyclic) bond motifs is 1. The summed E-state index contributed by atoms with van der Waals surface area (Å²) in [7, 11) is 1.60. The average Bonchev–Trinajstić information content (AvgIpc) is 3.40. The molecule has 0 unspecified atom stereocenters. The molecule has 2 aromatic carbocycles. The fraction of sp³-hybridized carbons (Fsp3) is 0.211. The van der Waals surface area contributed by atoms with Crippen LogP contribution < -0.4 is 24.3 Å². The Bertz CT molecular complexity index is 970. The van der Waals surface area contributed by atoms with E-state index in [-0.39, 0.29) is 25.1 Å². The average molecular weight is 383 g/mol. The molecule has 9 heteroatoms. The molecule has 9 nitrogen and oxygen atoms in total. The second-order valence-electron chi connectivity index (χ2n) is 5.85. The Balaban J connectivity index is 1.30. The van der Waals surface area contributed by atoms with Crippen LogP contribution in [0.3, 0.4) is 0 Å². The van der Waals surface area contributed by atoms with Crippen molar-refractivity contribution in [3.05, 3.63) is 59.7 Å². The van der Waals surface area contributed by atoms with E-state index in [0.717, 1.165) is 11.3 Å². The molecule has 0 spiro atoms. The van der Waals surface area contributed by atoms with Crippen molar-refractivity contribution < 1.29 is 28.3 Å². The third kappa shape index (κ3) is 3.98. The van der Waals surface area contributed by atoms with Crippen molar-refractivity contribution in [3.63, 3.8) is 0 Å². The minimum absolute atomic E-state index is 0.0505. The Kier molecular flexibility index (Phi) is 4.96. The highest BCUT2D eigenvalue weighted by Gasteiger charge is 2.17. The second-order valence-corrected chi connectivity index (χ2v) is 5.85. The zero-order chi connectivity index (χ0) is 19.3. The maximum atomic E-state index is 12.2. The first-order chi connectivity index (χ1) is 13.7. The topological polar surface area (TPSA) is 105 Å². The van der Waals surface area contributed by atoms with Crippen LogP contribution in [0.4, 0.5) is 0 Å². The highest BCUT2D eigenvalue weighted by molar-refractivity contribution is 5.89. The van der Waals surface area contributed by atoms with Gasteiger partial charge >= 0.3 is 11.8 Å². The molecule has 144 valence electrons. The zero-order valence-corrected chi connectivity index (χ0v) is 15.0. The van der Waals surface area contributed by atoms with Gasteiger partial charge in [0.2, 0.25) is 12.6 Å². The third-order valence-electron chi connectivity index (χ3n) is 3.99. The number of rotatable bonds is 7. The summed E-state index contributed by atoms with van der Waals surface area (Å²) in [6, 6.07) is 12.6. The van der Waals surface area contributed by atoms with Crippen LogP contribution in [0, 0.1) is 0 Å². The predicted octanol–water partition coefficient (Wildman–Crippen LogP) is 2.32. The van der Waals surface area contributed by atoms with Gasteiger partial charge in [-0.2, -0.15) is 4.98 Å². The Hall–Kier alpha value is -3.75. The molecule has 1 amide bonds. The van der Waals surface area contributed by atoms with Crippen LogP contribution in [0.5, 0.6) is 23.0 Å². The summed E-state index contributed by atoms with van der Waals surface area (Å²) in [6.45, 7) is 0.571. The van der Waals surface area contributed by atoms with Gasteiger partial charge in [0.05, 0.1) is 7.11 Å². The molecule has 0 saturated carbocycles. The van der Waals surface area contributed by atoms with Crippen molar-refractivity contribution in [2.24, 2.45) is 0 Å². The normalized spacial score (nSPS) is 11.9. The van der Waals surface area contributed by atoms with Gasteiger partial charge in [-0.05, 0) is 29.8 Å². The van der Waals surface area contributed by atoms with E-state index >= 15 is 0 Å². The summed E-state index contributed by atoms with van der Waals surface area (Å²) in [4.78, 5) is 16.2. The van der Waals surface area contributed by atoms with E-state index in [0.29, 0.717) is 23.8 Å². The van der Waals surface area contributed by atoms with Gasteiger partial charge in [-0.15, -0.1) is 0 Å². The van der Waals surface area contributed by atoms with Gasteiger partial charge in [0, 0.05) is 12.6 Å². The molecule has 1 aromatic heterocycles. The molecule has 0 atom stereocenters. The number of carbonyl (C=O) groups is 1. The monoisotopic (exact) mass is 383 g/mol. The van der Waals surface area contributed by atoms with Crippen LogP contribution in [0.25, 0.3) is 0 Å². The van der Waals surface area contributed by atoms with Crippen molar-refractivity contribution in [2.45, 2.75) is 13.2 Å². The quantitative estimate of drug-likeness (QED) is 0.663. The Labute approximate surface area is 160 Å². The van der Waals surface area contributed by atoms with E-state index < -0.39 is 5.91 Å². The molecule has 0 bridgehead atoms. The van der Waals surface area contributed by atoms with Crippen molar-refractivity contribution in [1.29, 1.82) is 0 Å². The van der Waals surface area contributed by atoms with Crippen LogP contribution in [-0.4, -0.2) is 30.0 Å². The first kappa shape index (κ1) is 17.7. The Morgan fingerprint density at radius 3 is 2.71 bits per heavy atom. The maximum Gasteiger partial charge on any atom is 0.316 e. The lowest BCUT2D eigenvalue weighted by Gasteiger charge is -2.04. The lowest BCUT2D eigenvalue weighted by atomic mass is 10.2. The summed E-state index contributed by atoms with van der Waals surface area (Å²) in [5, 5.41) is 6.48. The smallest absolute Gasteiger partial charge is 0.316 e. The van der Waals surface area contributed by atoms with Gasteiger partial charge in [0.1, 0.15) is 11.5 Å². The number of ether oxygens (including phenoxy) is 4. The minimum Gasteiger partial charge on any atom is -0.497 e. The minimum atomic E-state index is -0.461. The molecular weight excluding hydrogens is 366 g/mol. The Morgan fingerprint density at radius 1 is 1.11 bits per heavy atom. The number of aromatic nitrogens is 2. The van der Waals surface area contributed by atoms with Gasteiger partial charge in [0.25, 0.3) is 0 Å². The number of benzene rings is 2. The lowest BCUT2D eigenvalue weighted by molar-refractivity contribution is 0.0907. The summed E-state index contributed by atoms with van der Waals surface area (Å²) < 4.78 is 26.2. The highest BCUT2D eigenvalue weighted by atomic mass is 16.7. The molecular formula is C19H17N3O6.